The zero-order valence-corrected chi connectivity index (χ0v) is 28.1. The molecule has 22 heteroatoms. The number of amides is 2. The number of urea groups is 1. The van der Waals surface area contributed by atoms with Gasteiger partial charge in [0.1, 0.15) is 43.8 Å². The summed E-state index contributed by atoms with van der Waals surface area (Å²) >= 11 is 0.162. The van der Waals surface area contributed by atoms with E-state index < -0.39 is 37.6 Å². The number of anilines is 2. The van der Waals surface area contributed by atoms with Crippen LogP contribution in [0.4, 0.5) is 27.5 Å². The van der Waals surface area contributed by atoms with Crippen molar-refractivity contribution in [3.8, 4) is 11.5 Å². The van der Waals surface area contributed by atoms with E-state index in [9.17, 15) is 31.4 Å². The number of ether oxygens (including phenoxy) is 2. The van der Waals surface area contributed by atoms with E-state index in [0.717, 1.165) is 6.07 Å². The van der Waals surface area contributed by atoms with Crippen molar-refractivity contribution in [1.82, 2.24) is 0 Å². The molecule has 2 rings (SSSR count). The predicted molar refractivity (Wildman–Crippen MR) is 129 cm³/mol. The molecular formula is C18H21N5Na2O12S3. The van der Waals surface area contributed by atoms with Gasteiger partial charge in [0.25, 0.3) is 0 Å². The first-order valence-electron chi connectivity index (χ1n) is 9.93. The predicted octanol–water partition coefficient (Wildman–Crippen LogP) is -4.89. The van der Waals surface area contributed by atoms with Crippen molar-refractivity contribution in [3.63, 3.8) is 0 Å². The number of methoxy groups -OCH3 is 2. The monoisotopic (exact) mass is 641 g/mol. The van der Waals surface area contributed by atoms with Gasteiger partial charge in [0, 0.05) is 17.8 Å². The number of rotatable bonds is 15. The molecule has 2 aromatic rings. The molecular weight excluding hydrogens is 620 g/mol. The summed E-state index contributed by atoms with van der Waals surface area (Å²) in [6.07, 6.45) is 0. The van der Waals surface area contributed by atoms with Gasteiger partial charge in [-0.15, -0.1) is 14.6 Å². The number of carbonyl (C=O) groups is 1. The first-order chi connectivity index (χ1) is 17.9. The number of azo groups is 1. The Bertz CT molecular complexity index is 1380. The molecule has 0 fully saturated rings. The molecule has 0 unspecified atom stereocenters. The number of nitrogens with one attached hydrogen (secondary N) is 2. The number of benzene rings is 2. The maximum absolute atomic E-state index is 12.8. The third-order valence-corrected chi connectivity index (χ3v) is 6.88. The van der Waals surface area contributed by atoms with E-state index in [0.29, 0.717) is 0 Å². The van der Waals surface area contributed by atoms with Crippen LogP contribution in [0.1, 0.15) is 0 Å². The standard InChI is InChI=1S/C18H23N5O12S3.2Na/c1-31-15-9-17(37(26,27)6-5-33-36-35-34-25)16(32-2)8-14(15)23-22-12-4-3-11(20-10-38(28,29)30)7-13(12)21-18(19)24;;/h3-4,7-9,20,25H,5-6,10H2,1-2H3,(H3,19,21,24)(H,28,29,30);;/q;2*+1/p-2. The summed E-state index contributed by atoms with van der Waals surface area (Å²) in [5, 5.41) is 25.5. The Morgan fingerprint density at radius 1 is 1.02 bits per heavy atom. The van der Waals surface area contributed by atoms with Crippen molar-refractivity contribution < 1.29 is 114 Å². The molecule has 0 aliphatic rings. The van der Waals surface area contributed by atoms with Crippen LogP contribution in [0.15, 0.2) is 45.5 Å². The quantitative estimate of drug-likeness (QED) is 0.0314. The molecule has 2 amide bonds. The van der Waals surface area contributed by atoms with E-state index in [1.807, 2.05) is 0 Å². The SMILES string of the molecule is COc1cc(S(=O)(=O)CCOSOO[O-])c(OC)cc1N=Nc1ccc(NCS(=O)(=O)[O-])cc1NC(N)=O.[Na+].[Na+]. The van der Waals surface area contributed by atoms with E-state index in [2.05, 4.69) is 30.2 Å². The van der Waals surface area contributed by atoms with Gasteiger partial charge in [0.2, 0.25) is 0 Å². The van der Waals surface area contributed by atoms with Crippen molar-refractivity contribution in [2.45, 2.75) is 4.90 Å². The van der Waals surface area contributed by atoms with Crippen LogP contribution in [0.3, 0.4) is 0 Å². The maximum Gasteiger partial charge on any atom is 1.00 e. The molecule has 0 radical (unpaired) electrons. The topological polar surface area (TPSA) is 252 Å². The van der Waals surface area contributed by atoms with Crippen LogP contribution >= 0.6 is 12.3 Å². The second-order valence-corrected chi connectivity index (χ2v) is 10.8. The Balaban J connectivity index is 0.00000760. The second-order valence-electron chi connectivity index (χ2n) is 6.82. The van der Waals surface area contributed by atoms with Crippen molar-refractivity contribution >= 4 is 61.1 Å². The minimum Gasteiger partial charge on any atom is -0.747 e. The summed E-state index contributed by atoms with van der Waals surface area (Å²) in [5.41, 5.74) is 5.46. The summed E-state index contributed by atoms with van der Waals surface area (Å²) in [5.74, 6) is -1.52. The van der Waals surface area contributed by atoms with E-state index in [-0.39, 0.29) is 117 Å². The van der Waals surface area contributed by atoms with Crippen molar-refractivity contribution in [3.05, 3.63) is 30.3 Å². The average molecular weight is 642 g/mol. The maximum atomic E-state index is 12.8. The van der Waals surface area contributed by atoms with Crippen molar-refractivity contribution in [1.29, 1.82) is 0 Å². The molecule has 0 aliphatic carbocycles. The molecule has 0 spiro atoms. The zero-order chi connectivity index (χ0) is 28.3. The van der Waals surface area contributed by atoms with Gasteiger partial charge in [0.15, 0.2) is 22.2 Å². The molecule has 0 bridgehead atoms. The normalized spacial score (nSPS) is 11.3. The minimum atomic E-state index is -4.57. The van der Waals surface area contributed by atoms with Crippen LogP contribution < -0.4 is 90.2 Å². The summed E-state index contributed by atoms with van der Waals surface area (Å²) in [4.78, 5) is 11.2. The molecule has 2 aromatic carbocycles. The van der Waals surface area contributed by atoms with Crippen LogP contribution in [0.2, 0.25) is 0 Å². The summed E-state index contributed by atoms with van der Waals surface area (Å²) in [6.45, 7) is -0.357. The molecule has 40 heavy (non-hydrogen) atoms. The summed E-state index contributed by atoms with van der Waals surface area (Å²) < 4.78 is 77.2. The van der Waals surface area contributed by atoms with Crippen molar-refractivity contribution in [2.24, 2.45) is 16.0 Å². The molecule has 0 saturated carbocycles. The average Bonchev–Trinajstić information content (AvgIpc) is 2.85. The first kappa shape index (κ1) is 38.8. The number of nitrogens with two attached hydrogens (primary N) is 1. The molecule has 0 aromatic heterocycles. The first-order valence-corrected chi connectivity index (χ1v) is 13.8. The Hall–Kier alpha value is -1.24. The Morgan fingerprint density at radius 3 is 2.25 bits per heavy atom. The van der Waals surface area contributed by atoms with Gasteiger partial charge in [-0.3, -0.25) is 9.22 Å². The minimum absolute atomic E-state index is 0. The molecule has 0 heterocycles. The van der Waals surface area contributed by atoms with Gasteiger partial charge >= 0.3 is 65.1 Å². The van der Waals surface area contributed by atoms with Crippen LogP contribution in [-0.2, 0) is 33.5 Å². The molecule has 4 N–H and O–H groups in total. The van der Waals surface area contributed by atoms with Crippen LogP contribution in [0.25, 0.3) is 0 Å². The van der Waals surface area contributed by atoms with Gasteiger partial charge in [-0.25, -0.2) is 21.6 Å². The van der Waals surface area contributed by atoms with Gasteiger partial charge < -0.3 is 35.7 Å². The zero-order valence-electron chi connectivity index (χ0n) is 21.6. The molecule has 17 nitrogen and oxygen atoms in total. The van der Waals surface area contributed by atoms with Crippen LogP contribution in [-0.4, -0.2) is 59.9 Å². The van der Waals surface area contributed by atoms with Gasteiger partial charge in [0.05, 0.1) is 32.3 Å². The van der Waals surface area contributed by atoms with E-state index in [1.165, 1.54) is 38.5 Å². The number of nitrogens with zero attached hydrogens (tertiary/aromatic N) is 2. The van der Waals surface area contributed by atoms with Crippen LogP contribution in [0, 0.1) is 0 Å². The molecule has 0 saturated heterocycles. The molecule has 0 aliphatic heterocycles. The van der Waals surface area contributed by atoms with Gasteiger partial charge in [-0.2, -0.15) is 0 Å². The molecule has 0 atom stereocenters. The number of carbonyl (C=O) groups excluding carboxylic acids is 1. The Morgan fingerprint density at radius 2 is 1.68 bits per heavy atom. The molecule has 210 valence electrons. The number of hydrogen-bond acceptors (Lipinski definition) is 16. The largest absolute Gasteiger partial charge is 1.00 e. The second kappa shape index (κ2) is 18.3. The Labute approximate surface area is 278 Å². The third-order valence-electron chi connectivity index (χ3n) is 4.31. The fourth-order valence-electron chi connectivity index (χ4n) is 2.74. The van der Waals surface area contributed by atoms with Gasteiger partial charge in [-0.1, -0.05) is 0 Å². The van der Waals surface area contributed by atoms with Crippen LogP contribution in [0.5, 0.6) is 11.5 Å². The van der Waals surface area contributed by atoms with E-state index >= 15 is 0 Å². The van der Waals surface area contributed by atoms with E-state index in [4.69, 9.17) is 19.4 Å². The Kier molecular flexibility index (Phi) is 17.8. The third kappa shape index (κ3) is 12.7. The van der Waals surface area contributed by atoms with Crippen molar-refractivity contribution in [2.75, 3.05) is 43.1 Å². The van der Waals surface area contributed by atoms with E-state index in [1.54, 1.807) is 0 Å². The summed E-state index contributed by atoms with van der Waals surface area (Å²) in [6, 6.07) is 5.43. The van der Waals surface area contributed by atoms with Gasteiger partial charge in [-0.05, 0) is 18.2 Å². The summed E-state index contributed by atoms with van der Waals surface area (Å²) in [7, 11) is -6.04. The number of sulfone groups is 1. The number of primary amides is 1. The fraction of sp³-hybridized carbons (Fsp3) is 0.278. The number of hydrogen-bond donors (Lipinski definition) is 3. The fourth-order valence-corrected chi connectivity index (χ4v) is 4.66. The smallest absolute Gasteiger partial charge is 0.747 e.